The van der Waals surface area contributed by atoms with Crippen LogP contribution in [0, 0.1) is 0 Å². The molecule has 13 heteroatoms. The first kappa shape index (κ1) is 27.8. The van der Waals surface area contributed by atoms with Crippen LogP contribution in [0.3, 0.4) is 0 Å². The molecule has 1 unspecified atom stereocenters. The van der Waals surface area contributed by atoms with Gasteiger partial charge in [0, 0.05) is 33.8 Å². The second-order valence-corrected chi connectivity index (χ2v) is 11.4. The number of amides is 1. The Labute approximate surface area is 246 Å². The van der Waals surface area contributed by atoms with Crippen molar-refractivity contribution in [3.05, 3.63) is 105 Å². The molecule has 5 rings (SSSR count). The van der Waals surface area contributed by atoms with Crippen molar-refractivity contribution in [1.82, 2.24) is 15.2 Å². The van der Waals surface area contributed by atoms with Crippen molar-refractivity contribution < 1.29 is 24.2 Å². The fourth-order valence-electron chi connectivity index (χ4n) is 4.07. The summed E-state index contributed by atoms with van der Waals surface area (Å²) in [5.74, 6) is -2.17. The first-order chi connectivity index (χ1) is 19.3. The van der Waals surface area contributed by atoms with Crippen molar-refractivity contribution in [3.63, 3.8) is 0 Å². The molecule has 1 atom stereocenters. The average Bonchev–Trinajstić information content (AvgIpc) is 3.54. The standard InChI is InChI=1S/C27H18Cl2N4O5S2/c1-38-25(37)16-4-2-14(3-5-16)21-20(22(34)15-8-10-30-11-9-15)23(35)24(36)33(21)26-31-32-27(40-26)39-13-17-6-7-18(28)12-19(17)29/h2-12,21,34H,13H2,1H3. The molecule has 2 aromatic heterocycles. The van der Waals surface area contributed by atoms with Crippen LogP contribution in [-0.4, -0.2) is 45.1 Å². The molecule has 1 N–H and O–H groups in total. The third-order valence-corrected chi connectivity index (χ3v) is 8.71. The topological polar surface area (TPSA) is 123 Å². The largest absolute Gasteiger partial charge is 0.507 e. The Morgan fingerprint density at radius 1 is 1.05 bits per heavy atom. The summed E-state index contributed by atoms with van der Waals surface area (Å²) in [7, 11) is 1.27. The highest BCUT2D eigenvalue weighted by molar-refractivity contribution is 8.00. The van der Waals surface area contributed by atoms with Crippen molar-refractivity contribution in [2.75, 3.05) is 12.0 Å². The number of Topliss-reactive ketones (excluding diaryl/α,β-unsaturated/α-hetero) is 1. The number of aliphatic hydroxyl groups is 1. The minimum Gasteiger partial charge on any atom is -0.507 e. The number of aliphatic hydroxyl groups excluding tert-OH is 1. The predicted octanol–water partition coefficient (Wildman–Crippen LogP) is 5.95. The molecule has 1 aliphatic heterocycles. The number of thioether (sulfide) groups is 1. The predicted molar refractivity (Wildman–Crippen MR) is 153 cm³/mol. The van der Waals surface area contributed by atoms with E-state index in [1.807, 2.05) is 6.07 Å². The number of anilines is 1. The quantitative estimate of drug-likeness (QED) is 0.0673. The van der Waals surface area contributed by atoms with Gasteiger partial charge in [-0.05, 0) is 47.5 Å². The van der Waals surface area contributed by atoms with Crippen LogP contribution < -0.4 is 4.90 Å². The number of carbonyl (C=O) groups is 3. The number of benzene rings is 2. The number of rotatable bonds is 7. The number of ketones is 1. The molecular weight excluding hydrogens is 595 g/mol. The van der Waals surface area contributed by atoms with E-state index < -0.39 is 23.7 Å². The molecule has 0 spiro atoms. The number of methoxy groups -OCH3 is 1. The average molecular weight is 614 g/mol. The molecule has 202 valence electrons. The van der Waals surface area contributed by atoms with Crippen LogP contribution in [0.5, 0.6) is 0 Å². The van der Waals surface area contributed by atoms with Gasteiger partial charge in [-0.25, -0.2) is 4.79 Å². The van der Waals surface area contributed by atoms with Crippen molar-refractivity contribution in [3.8, 4) is 0 Å². The number of ether oxygens (including phenoxy) is 1. The highest BCUT2D eigenvalue weighted by Crippen LogP contribution is 2.44. The molecule has 0 aliphatic carbocycles. The van der Waals surface area contributed by atoms with Crippen LogP contribution in [0.1, 0.15) is 33.1 Å². The van der Waals surface area contributed by atoms with Crippen molar-refractivity contribution in [2.45, 2.75) is 16.1 Å². The monoisotopic (exact) mass is 612 g/mol. The lowest BCUT2D eigenvalue weighted by molar-refractivity contribution is -0.132. The van der Waals surface area contributed by atoms with Gasteiger partial charge in [-0.15, -0.1) is 10.2 Å². The summed E-state index contributed by atoms with van der Waals surface area (Å²) in [4.78, 5) is 43.8. The maximum atomic E-state index is 13.4. The van der Waals surface area contributed by atoms with Gasteiger partial charge in [0.2, 0.25) is 5.13 Å². The molecule has 4 aromatic rings. The van der Waals surface area contributed by atoms with Crippen LogP contribution in [0.4, 0.5) is 5.13 Å². The molecule has 40 heavy (non-hydrogen) atoms. The first-order valence-electron chi connectivity index (χ1n) is 11.6. The molecule has 0 bridgehead atoms. The van der Waals surface area contributed by atoms with Gasteiger partial charge in [-0.3, -0.25) is 19.5 Å². The molecule has 1 fully saturated rings. The number of halogens is 2. The van der Waals surface area contributed by atoms with Crippen LogP contribution >= 0.6 is 46.3 Å². The van der Waals surface area contributed by atoms with Gasteiger partial charge in [0.15, 0.2) is 4.34 Å². The molecular formula is C27H18Cl2N4O5S2. The van der Waals surface area contributed by atoms with Crippen molar-refractivity contribution >= 4 is 74.9 Å². The van der Waals surface area contributed by atoms with Crippen molar-refractivity contribution in [1.29, 1.82) is 0 Å². The molecule has 9 nitrogen and oxygen atoms in total. The molecule has 0 radical (unpaired) electrons. The lowest BCUT2D eigenvalue weighted by Crippen LogP contribution is -2.29. The van der Waals surface area contributed by atoms with E-state index in [1.165, 1.54) is 60.4 Å². The summed E-state index contributed by atoms with van der Waals surface area (Å²) in [6, 6.07) is 13.5. The zero-order valence-corrected chi connectivity index (χ0v) is 23.7. The SMILES string of the molecule is COC(=O)c1ccc(C2C(=C(O)c3ccncc3)C(=O)C(=O)N2c2nnc(SCc3ccc(Cl)cc3Cl)s2)cc1. The normalized spacial score (nSPS) is 16.4. The number of hydrogen-bond donors (Lipinski definition) is 1. The number of carbonyl (C=O) groups excluding carboxylic acids is 3. The summed E-state index contributed by atoms with van der Waals surface area (Å²) >= 11 is 14.7. The fourth-order valence-corrected chi connectivity index (χ4v) is 6.49. The van der Waals surface area contributed by atoms with Gasteiger partial charge in [0.25, 0.3) is 5.78 Å². The van der Waals surface area contributed by atoms with E-state index in [9.17, 15) is 19.5 Å². The Balaban J connectivity index is 1.53. The molecule has 3 heterocycles. The molecule has 0 saturated carbocycles. The van der Waals surface area contributed by atoms with E-state index in [-0.39, 0.29) is 22.0 Å². The number of pyridine rings is 1. The van der Waals surface area contributed by atoms with Gasteiger partial charge in [0.05, 0.1) is 24.3 Å². The lowest BCUT2D eigenvalue weighted by atomic mass is 9.95. The van der Waals surface area contributed by atoms with Crippen LogP contribution in [0.25, 0.3) is 5.76 Å². The van der Waals surface area contributed by atoms with Gasteiger partial charge < -0.3 is 9.84 Å². The van der Waals surface area contributed by atoms with Gasteiger partial charge in [0.1, 0.15) is 5.76 Å². The van der Waals surface area contributed by atoms with Crippen LogP contribution in [0.2, 0.25) is 10.0 Å². The molecule has 1 aliphatic rings. The summed E-state index contributed by atoms with van der Waals surface area (Å²) in [5.41, 5.74) is 1.79. The third-order valence-electron chi connectivity index (χ3n) is 6.01. The van der Waals surface area contributed by atoms with Crippen LogP contribution in [0.15, 0.2) is 76.9 Å². The van der Waals surface area contributed by atoms with E-state index in [4.69, 9.17) is 27.9 Å². The summed E-state index contributed by atoms with van der Waals surface area (Å²) in [5, 5.41) is 20.8. The Bertz CT molecular complexity index is 1640. The minimum absolute atomic E-state index is 0.126. The summed E-state index contributed by atoms with van der Waals surface area (Å²) in [6.45, 7) is 0. The Morgan fingerprint density at radius 3 is 2.45 bits per heavy atom. The van der Waals surface area contributed by atoms with Crippen LogP contribution in [-0.2, 0) is 20.1 Å². The van der Waals surface area contributed by atoms with E-state index in [1.54, 1.807) is 24.3 Å². The first-order valence-corrected chi connectivity index (χ1v) is 14.1. The Morgan fingerprint density at radius 2 is 1.77 bits per heavy atom. The highest BCUT2D eigenvalue weighted by Gasteiger charge is 2.48. The minimum atomic E-state index is -1.03. The number of esters is 1. The maximum absolute atomic E-state index is 13.4. The second kappa shape index (κ2) is 11.8. The van der Waals surface area contributed by atoms with E-state index in [0.29, 0.717) is 31.3 Å². The van der Waals surface area contributed by atoms with E-state index >= 15 is 0 Å². The summed E-state index contributed by atoms with van der Waals surface area (Å²) in [6.07, 6.45) is 2.93. The van der Waals surface area contributed by atoms with E-state index in [2.05, 4.69) is 15.2 Å². The molecule has 1 saturated heterocycles. The zero-order valence-electron chi connectivity index (χ0n) is 20.6. The summed E-state index contributed by atoms with van der Waals surface area (Å²) < 4.78 is 5.31. The van der Waals surface area contributed by atoms with Gasteiger partial charge in [-0.1, -0.05) is 64.5 Å². The lowest BCUT2D eigenvalue weighted by Gasteiger charge is -2.22. The van der Waals surface area contributed by atoms with Crippen molar-refractivity contribution in [2.24, 2.45) is 0 Å². The highest BCUT2D eigenvalue weighted by atomic mass is 35.5. The number of aromatic nitrogens is 3. The smallest absolute Gasteiger partial charge is 0.337 e. The maximum Gasteiger partial charge on any atom is 0.337 e. The third kappa shape index (κ3) is 5.46. The van der Waals surface area contributed by atoms with Gasteiger partial charge in [-0.2, -0.15) is 0 Å². The second-order valence-electron chi connectivity index (χ2n) is 8.39. The molecule has 2 aromatic carbocycles. The number of hydrogen-bond acceptors (Lipinski definition) is 10. The van der Waals surface area contributed by atoms with Gasteiger partial charge >= 0.3 is 11.9 Å². The Hall–Kier alpha value is -3.77. The number of nitrogens with zero attached hydrogens (tertiary/aromatic N) is 4. The fraction of sp³-hybridized carbons (Fsp3) is 0.111. The van der Waals surface area contributed by atoms with E-state index in [0.717, 1.165) is 16.9 Å². The molecule has 1 amide bonds. The zero-order chi connectivity index (χ0) is 28.4. The Kier molecular flexibility index (Phi) is 8.17.